The summed E-state index contributed by atoms with van der Waals surface area (Å²) in [6.45, 7) is 2.66. The number of nitrogens with zero attached hydrogens (tertiary/aromatic N) is 1. The molecule has 0 aliphatic carbocycles. The van der Waals surface area contributed by atoms with Crippen LogP contribution >= 0.6 is 0 Å². The summed E-state index contributed by atoms with van der Waals surface area (Å²) >= 11 is 0. The molecule has 5 N–H and O–H groups in total. The van der Waals surface area contributed by atoms with Crippen molar-refractivity contribution in [2.75, 3.05) is 19.0 Å². The molecule has 1 atom stereocenters. The molecule has 10 heteroatoms. The van der Waals surface area contributed by atoms with Crippen LogP contribution in [0.25, 0.3) is 0 Å². The molecular formula is C22H29N5O5. The van der Waals surface area contributed by atoms with Gasteiger partial charge in [0.25, 0.3) is 0 Å². The lowest BCUT2D eigenvalue weighted by molar-refractivity contribution is -0.137. The summed E-state index contributed by atoms with van der Waals surface area (Å²) in [7, 11) is 1.52. The molecule has 2 rings (SSSR count). The molecule has 172 valence electrons. The Hall–Kier alpha value is -3.82. The predicted octanol–water partition coefficient (Wildman–Crippen LogP) is 2.53. The first-order chi connectivity index (χ1) is 15.4. The molecule has 3 amide bonds. The molecule has 0 fully saturated rings. The maximum Gasteiger partial charge on any atom is 0.333 e. The van der Waals surface area contributed by atoms with Crippen LogP contribution in [-0.4, -0.2) is 41.7 Å². The Labute approximate surface area is 186 Å². The van der Waals surface area contributed by atoms with E-state index in [-0.39, 0.29) is 18.7 Å². The van der Waals surface area contributed by atoms with Gasteiger partial charge in [0.05, 0.1) is 19.6 Å². The number of ether oxygens (including phenoxy) is 1. The lowest BCUT2D eigenvalue weighted by Gasteiger charge is -2.18. The van der Waals surface area contributed by atoms with Crippen molar-refractivity contribution < 1.29 is 24.2 Å². The highest BCUT2D eigenvalue weighted by Gasteiger charge is 2.18. The average molecular weight is 444 g/mol. The highest BCUT2D eigenvalue weighted by atomic mass is 16.5. The number of amides is 3. The number of unbranched alkanes of at least 4 members (excludes halogenated alkanes) is 1. The number of benzene rings is 1. The molecule has 10 nitrogen and oxygen atoms in total. The summed E-state index contributed by atoms with van der Waals surface area (Å²) in [5.74, 6) is 0.00291. The second-order valence-corrected chi connectivity index (χ2v) is 7.17. The number of hydrogen-bond donors (Lipinski definition) is 5. The first kappa shape index (κ1) is 24.4. The zero-order chi connectivity index (χ0) is 23.3. The fourth-order valence-corrected chi connectivity index (χ4v) is 2.91. The number of aromatic nitrogens is 1. The van der Waals surface area contributed by atoms with Crippen molar-refractivity contribution >= 4 is 23.7 Å². The second kappa shape index (κ2) is 12.8. The van der Waals surface area contributed by atoms with Crippen molar-refractivity contribution in [3.05, 3.63) is 53.7 Å². The number of anilines is 1. The Morgan fingerprint density at radius 3 is 2.50 bits per heavy atom. The number of rotatable bonds is 11. The normalized spacial score (nSPS) is 11.2. The quantitative estimate of drug-likeness (QED) is 0.265. The number of carboxylic acids is 1. The largest absolute Gasteiger partial charge is 0.497 e. The number of carbonyl (C=O) groups is 3. The Kier molecular flexibility index (Phi) is 9.76. The third-order valence-electron chi connectivity index (χ3n) is 4.57. The number of carbonyl (C=O) groups excluding carboxylic acids is 2. The average Bonchev–Trinajstić information content (AvgIpc) is 2.77. The Bertz CT molecular complexity index is 904. The van der Waals surface area contributed by atoms with E-state index in [0.717, 1.165) is 17.8 Å². The summed E-state index contributed by atoms with van der Waals surface area (Å²) in [6.07, 6.45) is 3.04. The molecule has 0 bridgehead atoms. The molecule has 1 unspecified atom stereocenters. The molecule has 0 saturated heterocycles. The fourth-order valence-electron chi connectivity index (χ4n) is 2.91. The van der Waals surface area contributed by atoms with Crippen LogP contribution in [0.2, 0.25) is 0 Å². The van der Waals surface area contributed by atoms with E-state index in [1.54, 1.807) is 30.5 Å². The molecule has 1 aromatic carbocycles. The van der Waals surface area contributed by atoms with Gasteiger partial charge in [0.2, 0.25) is 5.91 Å². The number of aliphatic carboxylic acids is 1. The van der Waals surface area contributed by atoms with Gasteiger partial charge >= 0.3 is 12.0 Å². The standard InChI is InChI=1S/C22H29N5O5/c1-15-10-12-24-19(13-15)23-11-4-3-5-20(28)26-27-22(31)25-18(14-21(29)30)16-6-8-17(32-2)9-7-16/h6-10,12-13,18H,3-5,11,14H2,1-2H3,(H,23,24)(H,26,28)(H,29,30)(H2,25,27,31). The number of pyridine rings is 1. The Balaban J connectivity index is 1.70. The highest BCUT2D eigenvalue weighted by Crippen LogP contribution is 2.20. The van der Waals surface area contributed by atoms with E-state index in [9.17, 15) is 14.4 Å². The van der Waals surface area contributed by atoms with Gasteiger partial charge in [-0.1, -0.05) is 12.1 Å². The van der Waals surface area contributed by atoms with Crippen LogP contribution in [0.5, 0.6) is 5.75 Å². The molecule has 0 aliphatic rings. The van der Waals surface area contributed by atoms with Gasteiger partial charge < -0.3 is 20.5 Å². The predicted molar refractivity (Wildman–Crippen MR) is 119 cm³/mol. The lowest BCUT2D eigenvalue weighted by atomic mass is 10.0. The molecule has 0 saturated carbocycles. The van der Waals surface area contributed by atoms with E-state index in [1.165, 1.54) is 7.11 Å². The SMILES string of the molecule is COc1ccc(C(CC(=O)O)NC(=O)NNC(=O)CCCCNc2cc(C)ccn2)cc1. The minimum absolute atomic E-state index is 0.236. The smallest absolute Gasteiger partial charge is 0.333 e. The van der Waals surface area contributed by atoms with Gasteiger partial charge in [-0.3, -0.25) is 15.0 Å². The van der Waals surface area contributed by atoms with Crippen LogP contribution in [-0.2, 0) is 9.59 Å². The van der Waals surface area contributed by atoms with E-state index in [1.807, 2.05) is 19.1 Å². The molecule has 0 aliphatic heterocycles. The van der Waals surface area contributed by atoms with Gasteiger partial charge in [0, 0.05) is 19.2 Å². The number of methoxy groups -OCH3 is 1. The minimum Gasteiger partial charge on any atom is -0.497 e. The van der Waals surface area contributed by atoms with E-state index in [0.29, 0.717) is 24.3 Å². The van der Waals surface area contributed by atoms with Gasteiger partial charge in [-0.15, -0.1) is 0 Å². The van der Waals surface area contributed by atoms with Crippen LogP contribution < -0.4 is 26.2 Å². The molecule has 0 spiro atoms. The fraction of sp³-hybridized carbons (Fsp3) is 0.364. The molecule has 0 radical (unpaired) electrons. The summed E-state index contributed by atoms with van der Waals surface area (Å²) in [4.78, 5) is 39.4. The maximum atomic E-state index is 12.1. The molecule has 2 aromatic rings. The summed E-state index contributed by atoms with van der Waals surface area (Å²) in [5.41, 5.74) is 6.30. The Morgan fingerprint density at radius 2 is 1.84 bits per heavy atom. The number of nitrogens with one attached hydrogen (secondary N) is 4. The first-order valence-electron chi connectivity index (χ1n) is 10.2. The monoisotopic (exact) mass is 443 g/mol. The van der Waals surface area contributed by atoms with Gasteiger partial charge in [0.15, 0.2) is 0 Å². The van der Waals surface area contributed by atoms with E-state index in [2.05, 4.69) is 26.5 Å². The van der Waals surface area contributed by atoms with E-state index in [4.69, 9.17) is 9.84 Å². The molecule has 1 aromatic heterocycles. The van der Waals surface area contributed by atoms with E-state index < -0.39 is 18.0 Å². The molecule has 1 heterocycles. The van der Waals surface area contributed by atoms with Crippen molar-refractivity contribution in [1.29, 1.82) is 0 Å². The summed E-state index contributed by atoms with van der Waals surface area (Å²) in [5, 5.41) is 14.9. The number of hydrogen-bond acceptors (Lipinski definition) is 6. The van der Waals surface area contributed by atoms with Gasteiger partial charge in [0.1, 0.15) is 11.6 Å². The summed E-state index contributed by atoms with van der Waals surface area (Å²) < 4.78 is 5.08. The van der Waals surface area contributed by atoms with Gasteiger partial charge in [-0.2, -0.15) is 0 Å². The van der Waals surface area contributed by atoms with Crippen molar-refractivity contribution in [3.8, 4) is 5.75 Å². The van der Waals surface area contributed by atoms with Crippen molar-refractivity contribution in [2.24, 2.45) is 0 Å². The van der Waals surface area contributed by atoms with Crippen LogP contribution in [0.4, 0.5) is 10.6 Å². The first-order valence-corrected chi connectivity index (χ1v) is 10.2. The van der Waals surface area contributed by atoms with Gasteiger partial charge in [-0.25, -0.2) is 15.2 Å². The summed E-state index contributed by atoms with van der Waals surface area (Å²) in [6, 6.07) is 9.09. The number of hydrazine groups is 1. The molecule has 32 heavy (non-hydrogen) atoms. The zero-order valence-electron chi connectivity index (χ0n) is 18.2. The van der Waals surface area contributed by atoms with Crippen molar-refractivity contribution in [3.63, 3.8) is 0 Å². The van der Waals surface area contributed by atoms with Crippen LogP contribution in [0, 0.1) is 6.92 Å². The second-order valence-electron chi connectivity index (χ2n) is 7.17. The topological polar surface area (TPSA) is 142 Å². The number of aryl methyl sites for hydroxylation is 1. The number of carboxylic acid groups (broad SMARTS) is 1. The van der Waals surface area contributed by atoms with Crippen LogP contribution in [0.3, 0.4) is 0 Å². The Morgan fingerprint density at radius 1 is 1.09 bits per heavy atom. The third kappa shape index (κ3) is 8.90. The minimum atomic E-state index is -1.07. The van der Waals surface area contributed by atoms with Crippen molar-refractivity contribution in [1.82, 2.24) is 21.2 Å². The molecular weight excluding hydrogens is 414 g/mol. The zero-order valence-corrected chi connectivity index (χ0v) is 18.2. The number of urea groups is 1. The lowest BCUT2D eigenvalue weighted by Crippen LogP contribution is -2.48. The van der Waals surface area contributed by atoms with E-state index >= 15 is 0 Å². The van der Waals surface area contributed by atoms with Gasteiger partial charge in [-0.05, 0) is 55.2 Å². The van der Waals surface area contributed by atoms with Crippen molar-refractivity contribution in [2.45, 2.75) is 38.6 Å². The van der Waals surface area contributed by atoms with Crippen LogP contribution in [0.1, 0.15) is 42.9 Å². The maximum absolute atomic E-state index is 12.1. The van der Waals surface area contributed by atoms with Crippen LogP contribution in [0.15, 0.2) is 42.6 Å². The third-order valence-corrected chi connectivity index (χ3v) is 4.57. The highest BCUT2D eigenvalue weighted by molar-refractivity contribution is 5.81.